The summed E-state index contributed by atoms with van der Waals surface area (Å²) >= 11 is 0. The summed E-state index contributed by atoms with van der Waals surface area (Å²) in [6, 6.07) is 1.57. The average molecular weight is 253 g/mol. The van der Waals surface area contributed by atoms with Crippen molar-refractivity contribution in [3.05, 3.63) is 0 Å². The van der Waals surface area contributed by atoms with E-state index in [1.54, 1.807) is 0 Å². The molecule has 0 aromatic carbocycles. The molecule has 2 atom stereocenters. The van der Waals surface area contributed by atoms with Crippen LogP contribution in [0, 0.1) is 5.92 Å². The van der Waals surface area contributed by atoms with E-state index in [9.17, 15) is 0 Å². The third kappa shape index (κ3) is 3.46. The second kappa shape index (κ2) is 6.88. The minimum absolute atomic E-state index is 0.722. The van der Waals surface area contributed by atoms with Crippen LogP contribution in [-0.2, 0) is 0 Å². The van der Waals surface area contributed by atoms with Crippen molar-refractivity contribution in [1.29, 1.82) is 0 Å². The summed E-state index contributed by atoms with van der Waals surface area (Å²) in [6.07, 6.45) is 4.07. The molecule has 0 saturated carbocycles. The number of nitrogens with zero attached hydrogens (tertiary/aromatic N) is 2. The maximum Gasteiger partial charge on any atom is 0.0244 e. The quantitative estimate of drug-likeness (QED) is 0.728. The van der Waals surface area contributed by atoms with Crippen molar-refractivity contribution in [2.24, 2.45) is 5.92 Å². The second-order valence-electron chi connectivity index (χ2n) is 6.34. The normalized spacial score (nSPS) is 27.7. The van der Waals surface area contributed by atoms with E-state index in [0.29, 0.717) is 0 Å². The lowest BCUT2D eigenvalue weighted by atomic mass is 10.00. The highest BCUT2D eigenvalue weighted by Gasteiger charge is 2.33. The molecule has 106 valence electrons. The van der Waals surface area contributed by atoms with E-state index >= 15 is 0 Å². The molecule has 0 bridgehead atoms. The van der Waals surface area contributed by atoms with Gasteiger partial charge < -0.3 is 5.32 Å². The van der Waals surface area contributed by atoms with Gasteiger partial charge in [0.05, 0.1) is 0 Å². The molecule has 2 rings (SSSR count). The van der Waals surface area contributed by atoms with Crippen LogP contribution in [0.3, 0.4) is 0 Å². The van der Waals surface area contributed by atoms with Gasteiger partial charge in [0.15, 0.2) is 0 Å². The van der Waals surface area contributed by atoms with Crippen LogP contribution in [0.4, 0.5) is 0 Å². The number of piperazine rings is 1. The highest BCUT2D eigenvalue weighted by Crippen LogP contribution is 2.24. The van der Waals surface area contributed by atoms with Crippen molar-refractivity contribution < 1.29 is 0 Å². The summed E-state index contributed by atoms with van der Waals surface area (Å²) in [7, 11) is 0. The van der Waals surface area contributed by atoms with Gasteiger partial charge in [-0.1, -0.05) is 20.8 Å². The van der Waals surface area contributed by atoms with Crippen LogP contribution < -0.4 is 5.32 Å². The third-order valence-corrected chi connectivity index (χ3v) is 4.64. The first-order valence-electron chi connectivity index (χ1n) is 7.91. The monoisotopic (exact) mass is 253 g/mol. The Morgan fingerprint density at radius 2 is 2.06 bits per heavy atom. The van der Waals surface area contributed by atoms with Gasteiger partial charge in [-0.25, -0.2) is 0 Å². The molecule has 18 heavy (non-hydrogen) atoms. The summed E-state index contributed by atoms with van der Waals surface area (Å²) < 4.78 is 0. The lowest BCUT2D eigenvalue weighted by Gasteiger charge is -2.43. The van der Waals surface area contributed by atoms with E-state index in [1.165, 1.54) is 45.4 Å². The first-order chi connectivity index (χ1) is 8.72. The summed E-state index contributed by atoms with van der Waals surface area (Å²) in [5.74, 6) is 0.752. The van der Waals surface area contributed by atoms with Gasteiger partial charge in [0, 0.05) is 38.3 Å². The Hall–Kier alpha value is -0.120. The number of hydrogen-bond acceptors (Lipinski definition) is 3. The molecule has 0 amide bonds. The molecule has 0 aliphatic carbocycles. The zero-order chi connectivity index (χ0) is 13.0. The Labute approximate surface area is 113 Å². The summed E-state index contributed by atoms with van der Waals surface area (Å²) in [4.78, 5) is 5.45. The van der Waals surface area contributed by atoms with E-state index in [4.69, 9.17) is 0 Å². The van der Waals surface area contributed by atoms with Crippen LogP contribution in [0.25, 0.3) is 0 Å². The van der Waals surface area contributed by atoms with Crippen molar-refractivity contribution in [2.45, 2.75) is 52.1 Å². The molecule has 2 unspecified atom stereocenters. The standard InChI is InChI=1S/C15H31N3/c1-4-7-16-11-15(13(2)3)18-10-9-17-8-5-6-14(17)12-18/h13-16H,4-12H2,1-3H3. The molecule has 0 aromatic rings. The molecular weight excluding hydrogens is 222 g/mol. The molecule has 0 spiro atoms. The van der Waals surface area contributed by atoms with E-state index in [2.05, 4.69) is 35.9 Å². The number of fused-ring (bicyclic) bond motifs is 1. The van der Waals surface area contributed by atoms with Crippen LogP contribution >= 0.6 is 0 Å². The number of rotatable bonds is 6. The second-order valence-corrected chi connectivity index (χ2v) is 6.34. The van der Waals surface area contributed by atoms with Crippen molar-refractivity contribution >= 4 is 0 Å². The SMILES string of the molecule is CCCNCC(C(C)C)N1CCN2CCCC2C1. The van der Waals surface area contributed by atoms with Crippen LogP contribution in [0.1, 0.15) is 40.0 Å². The molecule has 2 saturated heterocycles. The summed E-state index contributed by atoms with van der Waals surface area (Å²) in [5, 5.41) is 3.62. The summed E-state index contributed by atoms with van der Waals surface area (Å²) in [5.41, 5.74) is 0. The maximum absolute atomic E-state index is 3.62. The van der Waals surface area contributed by atoms with Gasteiger partial charge in [-0.3, -0.25) is 9.80 Å². The van der Waals surface area contributed by atoms with Crippen molar-refractivity contribution in [1.82, 2.24) is 15.1 Å². The van der Waals surface area contributed by atoms with Gasteiger partial charge >= 0.3 is 0 Å². The maximum atomic E-state index is 3.62. The van der Waals surface area contributed by atoms with Gasteiger partial charge in [0.2, 0.25) is 0 Å². The highest BCUT2D eigenvalue weighted by molar-refractivity contribution is 4.90. The van der Waals surface area contributed by atoms with Crippen LogP contribution in [-0.4, -0.2) is 61.2 Å². The molecule has 0 aromatic heterocycles. The molecule has 2 aliphatic heterocycles. The molecule has 2 aliphatic rings. The molecular formula is C15H31N3. The number of nitrogens with one attached hydrogen (secondary N) is 1. The zero-order valence-corrected chi connectivity index (χ0v) is 12.5. The Kier molecular flexibility index (Phi) is 5.46. The number of hydrogen-bond donors (Lipinski definition) is 1. The molecule has 3 nitrogen and oxygen atoms in total. The Morgan fingerprint density at radius 1 is 1.22 bits per heavy atom. The predicted octanol–water partition coefficient (Wildman–Crippen LogP) is 1.79. The minimum atomic E-state index is 0.722. The highest BCUT2D eigenvalue weighted by atomic mass is 15.3. The first kappa shape index (κ1) is 14.3. The van der Waals surface area contributed by atoms with E-state index in [0.717, 1.165) is 31.1 Å². The van der Waals surface area contributed by atoms with Gasteiger partial charge in [0.1, 0.15) is 0 Å². The van der Waals surface area contributed by atoms with Crippen molar-refractivity contribution in [3.63, 3.8) is 0 Å². The van der Waals surface area contributed by atoms with E-state index < -0.39 is 0 Å². The largest absolute Gasteiger partial charge is 0.315 e. The Balaban J connectivity index is 1.85. The van der Waals surface area contributed by atoms with E-state index in [-0.39, 0.29) is 0 Å². The Bertz CT molecular complexity index is 242. The summed E-state index contributed by atoms with van der Waals surface area (Å²) in [6.45, 7) is 14.5. The fourth-order valence-electron chi connectivity index (χ4n) is 3.53. The molecule has 3 heteroatoms. The molecule has 2 fully saturated rings. The van der Waals surface area contributed by atoms with Gasteiger partial charge in [-0.2, -0.15) is 0 Å². The Morgan fingerprint density at radius 3 is 2.78 bits per heavy atom. The van der Waals surface area contributed by atoms with Gasteiger partial charge in [0.25, 0.3) is 0 Å². The molecule has 0 radical (unpaired) electrons. The van der Waals surface area contributed by atoms with Gasteiger partial charge in [-0.05, 0) is 38.3 Å². The van der Waals surface area contributed by atoms with Crippen LogP contribution in [0.15, 0.2) is 0 Å². The third-order valence-electron chi connectivity index (χ3n) is 4.64. The van der Waals surface area contributed by atoms with Crippen LogP contribution in [0.5, 0.6) is 0 Å². The van der Waals surface area contributed by atoms with Gasteiger partial charge in [-0.15, -0.1) is 0 Å². The van der Waals surface area contributed by atoms with E-state index in [1.807, 2.05) is 0 Å². The average Bonchev–Trinajstić information content (AvgIpc) is 2.81. The van der Waals surface area contributed by atoms with Crippen molar-refractivity contribution in [2.75, 3.05) is 39.3 Å². The molecule has 1 N–H and O–H groups in total. The fraction of sp³-hybridized carbons (Fsp3) is 1.00. The zero-order valence-electron chi connectivity index (χ0n) is 12.5. The first-order valence-corrected chi connectivity index (χ1v) is 7.91. The fourth-order valence-corrected chi connectivity index (χ4v) is 3.53. The molecule has 2 heterocycles. The van der Waals surface area contributed by atoms with Crippen molar-refractivity contribution in [3.8, 4) is 0 Å². The topological polar surface area (TPSA) is 18.5 Å². The smallest absolute Gasteiger partial charge is 0.0244 e. The van der Waals surface area contributed by atoms with Crippen LogP contribution in [0.2, 0.25) is 0 Å². The lowest BCUT2D eigenvalue weighted by Crippen LogP contribution is -2.56. The predicted molar refractivity (Wildman–Crippen MR) is 78.0 cm³/mol. The minimum Gasteiger partial charge on any atom is -0.315 e. The lowest BCUT2D eigenvalue weighted by molar-refractivity contribution is 0.0545.